The Morgan fingerprint density at radius 1 is 1.00 bits per heavy atom. The van der Waals surface area contributed by atoms with E-state index in [0.717, 1.165) is 62.0 Å². The first-order valence-corrected chi connectivity index (χ1v) is 12.0. The van der Waals surface area contributed by atoms with Gasteiger partial charge in [0.25, 0.3) is 0 Å². The number of fused-ring (bicyclic) bond motifs is 2. The molecular formula is C25H31N5O2. The molecule has 0 spiro atoms. The number of hydrogen-bond acceptors (Lipinski definition) is 7. The lowest BCUT2D eigenvalue weighted by Crippen LogP contribution is -2.57. The lowest BCUT2D eigenvalue weighted by molar-refractivity contribution is 0.0716. The number of aromatic nitrogens is 2. The number of hydrogen-bond donors (Lipinski definition) is 0. The molecular weight excluding hydrogens is 402 g/mol. The van der Waals surface area contributed by atoms with Gasteiger partial charge in [0.05, 0.1) is 12.0 Å². The fourth-order valence-electron chi connectivity index (χ4n) is 5.28. The Morgan fingerprint density at radius 3 is 2.78 bits per heavy atom. The molecule has 3 aliphatic heterocycles. The maximum Gasteiger partial charge on any atom is 0.213 e. The van der Waals surface area contributed by atoms with Crippen molar-refractivity contribution in [2.24, 2.45) is 5.92 Å². The van der Waals surface area contributed by atoms with Crippen LogP contribution in [0.2, 0.25) is 0 Å². The lowest BCUT2D eigenvalue weighted by atomic mass is 9.91. The summed E-state index contributed by atoms with van der Waals surface area (Å²) in [6, 6.07) is 12.9. The van der Waals surface area contributed by atoms with Gasteiger partial charge in [-0.2, -0.15) is 0 Å². The molecule has 2 atom stereocenters. The van der Waals surface area contributed by atoms with E-state index >= 15 is 0 Å². The molecule has 0 saturated carbocycles. The van der Waals surface area contributed by atoms with Crippen molar-refractivity contribution in [1.82, 2.24) is 19.9 Å². The van der Waals surface area contributed by atoms with Crippen molar-refractivity contribution in [1.29, 1.82) is 0 Å². The molecule has 32 heavy (non-hydrogen) atoms. The minimum Gasteiger partial charge on any atom is -0.477 e. The summed E-state index contributed by atoms with van der Waals surface area (Å²) in [5.74, 6) is 2.31. The zero-order valence-electron chi connectivity index (χ0n) is 18.5. The van der Waals surface area contributed by atoms with Gasteiger partial charge in [-0.1, -0.05) is 23.4 Å². The van der Waals surface area contributed by atoms with Crippen LogP contribution >= 0.6 is 0 Å². The van der Waals surface area contributed by atoms with Crippen molar-refractivity contribution in [2.75, 3.05) is 50.8 Å². The number of anilines is 1. The summed E-state index contributed by atoms with van der Waals surface area (Å²) in [4.78, 5) is 12.0. The average molecular weight is 434 g/mol. The van der Waals surface area contributed by atoms with Gasteiger partial charge in [-0.25, -0.2) is 4.98 Å². The van der Waals surface area contributed by atoms with Crippen molar-refractivity contribution in [2.45, 2.75) is 31.8 Å². The molecule has 2 aromatic heterocycles. The first-order chi connectivity index (χ1) is 15.8. The van der Waals surface area contributed by atoms with E-state index in [-0.39, 0.29) is 0 Å². The van der Waals surface area contributed by atoms with Crippen LogP contribution in [0.5, 0.6) is 5.88 Å². The molecule has 0 N–H and O–H groups in total. The van der Waals surface area contributed by atoms with Gasteiger partial charge in [-0.05, 0) is 50.0 Å². The molecule has 3 aliphatic rings. The fourth-order valence-corrected chi connectivity index (χ4v) is 5.28. The van der Waals surface area contributed by atoms with Crippen molar-refractivity contribution in [3.8, 4) is 5.88 Å². The third-order valence-corrected chi connectivity index (χ3v) is 7.28. The highest BCUT2D eigenvalue weighted by Crippen LogP contribution is 2.31. The van der Waals surface area contributed by atoms with Crippen LogP contribution in [0.1, 0.15) is 24.8 Å². The van der Waals surface area contributed by atoms with E-state index in [2.05, 4.69) is 43.0 Å². The number of ether oxygens (including phenoxy) is 1. The van der Waals surface area contributed by atoms with E-state index in [9.17, 15) is 0 Å². The number of piperazine rings is 1. The smallest absolute Gasteiger partial charge is 0.213 e. The Balaban J connectivity index is 1.01. The Morgan fingerprint density at radius 2 is 1.94 bits per heavy atom. The highest BCUT2D eigenvalue weighted by molar-refractivity contribution is 5.88. The van der Waals surface area contributed by atoms with Gasteiger partial charge in [-0.3, -0.25) is 9.80 Å². The van der Waals surface area contributed by atoms with Gasteiger partial charge in [-0.15, -0.1) is 0 Å². The van der Waals surface area contributed by atoms with E-state index < -0.39 is 0 Å². The Bertz CT molecular complexity index is 1050. The van der Waals surface area contributed by atoms with Gasteiger partial charge in [0.1, 0.15) is 0 Å². The Hall–Kier alpha value is -2.64. The molecule has 0 amide bonds. The number of nitrogens with zero attached hydrogens (tertiary/aromatic N) is 5. The van der Waals surface area contributed by atoms with Crippen molar-refractivity contribution in [3.05, 3.63) is 48.2 Å². The summed E-state index contributed by atoms with van der Waals surface area (Å²) in [7, 11) is 0. The average Bonchev–Trinajstić information content (AvgIpc) is 3.25. The number of pyridine rings is 1. The lowest BCUT2D eigenvalue weighted by Gasteiger charge is -2.46. The molecule has 1 aromatic carbocycles. The summed E-state index contributed by atoms with van der Waals surface area (Å²) in [5, 5.41) is 5.48. The van der Waals surface area contributed by atoms with Gasteiger partial charge < -0.3 is 14.2 Å². The summed E-state index contributed by atoms with van der Waals surface area (Å²) < 4.78 is 11.6. The van der Waals surface area contributed by atoms with Crippen LogP contribution in [0.4, 0.5) is 5.82 Å². The second kappa shape index (κ2) is 8.71. The van der Waals surface area contributed by atoms with Crippen molar-refractivity contribution in [3.63, 3.8) is 0 Å². The quantitative estimate of drug-likeness (QED) is 0.590. The minimum atomic E-state index is 0.563. The van der Waals surface area contributed by atoms with E-state index in [4.69, 9.17) is 9.26 Å². The van der Waals surface area contributed by atoms with Crippen LogP contribution < -0.4 is 9.64 Å². The van der Waals surface area contributed by atoms with Crippen LogP contribution in [0.15, 0.2) is 47.1 Å². The molecule has 3 aromatic rings. The Kier molecular flexibility index (Phi) is 5.45. The monoisotopic (exact) mass is 433 g/mol. The number of piperidine rings is 1. The largest absolute Gasteiger partial charge is 0.477 e. The minimum absolute atomic E-state index is 0.563. The Labute approximate surface area is 188 Å². The molecule has 0 bridgehead atoms. The molecule has 3 saturated heterocycles. The predicted molar refractivity (Wildman–Crippen MR) is 124 cm³/mol. The molecule has 6 rings (SSSR count). The maximum atomic E-state index is 6.07. The summed E-state index contributed by atoms with van der Waals surface area (Å²) in [6.07, 6.45) is 5.69. The topological polar surface area (TPSA) is 57.9 Å². The van der Waals surface area contributed by atoms with Crippen LogP contribution in [0, 0.1) is 5.92 Å². The summed E-state index contributed by atoms with van der Waals surface area (Å²) in [5.41, 5.74) is 2.14. The SMILES string of the molecule is c1ccc2c(N3CCN4C[C@H](COc5ccc(CN6CCC6)cn5)CC[C@H]4C3)noc2c1. The molecule has 3 fully saturated rings. The van der Waals surface area contributed by atoms with E-state index in [0.29, 0.717) is 12.0 Å². The van der Waals surface area contributed by atoms with Crippen LogP contribution in [-0.2, 0) is 6.54 Å². The maximum absolute atomic E-state index is 6.07. The second-order valence-electron chi connectivity index (χ2n) is 9.49. The second-order valence-corrected chi connectivity index (χ2v) is 9.49. The molecule has 0 unspecified atom stereocenters. The first-order valence-electron chi connectivity index (χ1n) is 12.0. The predicted octanol–water partition coefficient (Wildman–Crippen LogP) is 3.41. The molecule has 0 radical (unpaired) electrons. The van der Waals surface area contributed by atoms with E-state index in [1.54, 1.807) is 0 Å². The molecule has 168 valence electrons. The van der Waals surface area contributed by atoms with Crippen molar-refractivity contribution < 1.29 is 9.26 Å². The zero-order chi connectivity index (χ0) is 21.3. The van der Waals surface area contributed by atoms with Crippen LogP contribution in [-0.4, -0.2) is 71.9 Å². The van der Waals surface area contributed by atoms with Crippen LogP contribution in [0.3, 0.4) is 0 Å². The normalized spacial score (nSPS) is 24.3. The third-order valence-electron chi connectivity index (χ3n) is 7.28. The van der Waals surface area contributed by atoms with E-state index in [1.807, 2.05) is 24.4 Å². The summed E-state index contributed by atoms with van der Waals surface area (Å²) >= 11 is 0. The van der Waals surface area contributed by atoms with Gasteiger partial charge in [0.2, 0.25) is 5.88 Å². The highest BCUT2D eigenvalue weighted by atomic mass is 16.5. The van der Waals surface area contributed by atoms with Gasteiger partial charge >= 0.3 is 0 Å². The zero-order valence-corrected chi connectivity index (χ0v) is 18.5. The number of rotatable bonds is 6. The van der Waals surface area contributed by atoms with Gasteiger partial charge in [0, 0.05) is 56.9 Å². The van der Waals surface area contributed by atoms with Gasteiger partial charge in [0.15, 0.2) is 11.4 Å². The number of para-hydroxylation sites is 1. The number of benzene rings is 1. The first kappa shape index (κ1) is 20.0. The third kappa shape index (κ3) is 4.07. The standard InChI is InChI=1S/C25H31N5O2/c1-2-5-23-22(4-1)25(27-32-23)30-13-12-29-16-20(6-8-21(29)17-30)18-31-24-9-7-19(14-26-24)15-28-10-3-11-28/h1-2,4-5,7,9,14,20-21H,3,6,8,10-13,15-18H2/t20-,21+/m1/s1. The van der Waals surface area contributed by atoms with Crippen LogP contribution in [0.25, 0.3) is 11.0 Å². The number of likely N-dealkylation sites (tertiary alicyclic amines) is 1. The molecule has 7 nitrogen and oxygen atoms in total. The fraction of sp³-hybridized carbons (Fsp3) is 0.520. The summed E-state index contributed by atoms with van der Waals surface area (Å²) in [6.45, 7) is 8.35. The molecule has 5 heterocycles. The highest BCUT2D eigenvalue weighted by Gasteiger charge is 2.34. The molecule has 0 aliphatic carbocycles. The van der Waals surface area contributed by atoms with E-state index in [1.165, 1.54) is 37.9 Å². The molecule has 7 heteroatoms. The van der Waals surface area contributed by atoms with Crippen molar-refractivity contribution >= 4 is 16.8 Å².